The van der Waals surface area contributed by atoms with Gasteiger partial charge in [-0.1, -0.05) is 30.3 Å². The lowest BCUT2D eigenvalue weighted by atomic mass is 9.82. The Hall–Kier alpha value is -3.99. The summed E-state index contributed by atoms with van der Waals surface area (Å²) in [7, 11) is 0. The molecule has 1 N–H and O–H groups in total. The molecule has 3 nitrogen and oxygen atoms in total. The van der Waals surface area contributed by atoms with E-state index in [2.05, 4.69) is 71.1 Å². The summed E-state index contributed by atoms with van der Waals surface area (Å²) in [5.74, 6) is 1.88. The summed E-state index contributed by atoms with van der Waals surface area (Å²) in [5, 5.41) is 22.2. The lowest BCUT2D eigenvalue weighted by Gasteiger charge is -2.24. The molecular formula is C42H33NO2S. The fourth-order valence-corrected chi connectivity index (χ4v) is 12.0. The molecule has 4 bridgehead atoms. The summed E-state index contributed by atoms with van der Waals surface area (Å²) < 4.78 is 5.14. The van der Waals surface area contributed by atoms with Crippen molar-refractivity contribution in [1.82, 2.24) is 4.40 Å². The quantitative estimate of drug-likeness (QED) is 0.136. The largest absolute Gasteiger partial charge is 0.388 e. The molecular weight excluding hydrogens is 583 g/mol. The zero-order valence-electron chi connectivity index (χ0n) is 25.6. The van der Waals surface area contributed by atoms with Gasteiger partial charge in [-0.25, -0.2) is 0 Å². The number of benzene rings is 5. The van der Waals surface area contributed by atoms with Gasteiger partial charge in [0.25, 0.3) is 0 Å². The summed E-state index contributed by atoms with van der Waals surface area (Å²) in [6, 6.07) is 25.5. The van der Waals surface area contributed by atoms with Crippen molar-refractivity contribution in [2.75, 3.05) is 0 Å². The molecule has 0 radical (unpaired) electrons. The maximum absolute atomic E-state index is 14.0. The maximum Gasteiger partial charge on any atom is 0.166 e. The predicted octanol–water partition coefficient (Wildman–Crippen LogP) is 11.1. The summed E-state index contributed by atoms with van der Waals surface area (Å²) in [4.78, 5) is 14.0. The molecule has 3 heterocycles. The third-order valence-electron chi connectivity index (χ3n) is 13.0. The van der Waals surface area contributed by atoms with Crippen molar-refractivity contribution in [3.63, 3.8) is 0 Å². The summed E-state index contributed by atoms with van der Waals surface area (Å²) in [6.45, 7) is 0. The number of fused-ring (bicyclic) bond motifs is 13. The highest BCUT2D eigenvalue weighted by molar-refractivity contribution is 7.25. The number of carbonyl (C=O) groups excluding carboxylic acids is 1. The van der Waals surface area contributed by atoms with Crippen LogP contribution >= 0.6 is 11.3 Å². The average molecular weight is 616 g/mol. The summed E-state index contributed by atoms with van der Waals surface area (Å²) in [6.07, 6.45) is 8.46. The van der Waals surface area contributed by atoms with Crippen molar-refractivity contribution >= 4 is 86.2 Å². The first-order valence-corrected chi connectivity index (χ1v) is 18.2. The van der Waals surface area contributed by atoms with E-state index < -0.39 is 6.10 Å². The first-order chi connectivity index (χ1) is 22.6. The van der Waals surface area contributed by atoms with E-state index >= 15 is 0 Å². The smallest absolute Gasteiger partial charge is 0.166 e. The van der Waals surface area contributed by atoms with Crippen molar-refractivity contribution < 1.29 is 9.90 Å². The minimum Gasteiger partial charge on any atom is -0.388 e. The van der Waals surface area contributed by atoms with Crippen LogP contribution < -0.4 is 0 Å². The normalized spacial score (nSPS) is 25.9. The molecule has 1 atom stereocenters. The van der Waals surface area contributed by atoms with Gasteiger partial charge in [-0.05, 0) is 133 Å². The molecule has 1 unspecified atom stereocenters. The number of Topliss-reactive ketones (excluding diaryl/α,β-unsaturated/α-hetero) is 1. The number of ketones is 1. The molecule has 2 saturated carbocycles. The Labute approximate surface area is 269 Å². The Balaban J connectivity index is 1.33. The molecule has 6 aliphatic carbocycles. The molecule has 3 aromatic heterocycles. The van der Waals surface area contributed by atoms with Gasteiger partial charge in [0.05, 0.1) is 22.7 Å². The molecule has 8 aromatic rings. The van der Waals surface area contributed by atoms with Crippen molar-refractivity contribution in [3.8, 4) is 0 Å². The Bertz CT molecular complexity index is 2650. The van der Waals surface area contributed by atoms with Gasteiger partial charge in [0.15, 0.2) is 5.78 Å². The van der Waals surface area contributed by atoms with Crippen LogP contribution in [-0.4, -0.2) is 15.3 Å². The predicted molar refractivity (Wildman–Crippen MR) is 190 cm³/mol. The van der Waals surface area contributed by atoms with Crippen molar-refractivity contribution in [1.29, 1.82) is 0 Å². The highest BCUT2D eigenvalue weighted by atomic mass is 32.1. The Morgan fingerprint density at radius 1 is 0.609 bits per heavy atom. The second kappa shape index (κ2) is 8.48. The minimum atomic E-state index is -0.404. The van der Waals surface area contributed by atoms with E-state index in [-0.39, 0.29) is 5.92 Å². The molecule has 46 heavy (non-hydrogen) atoms. The fraction of sp³-hybridized carbons (Fsp3) is 0.310. The lowest BCUT2D eigenvalue weighted by Crippen LogP contribution is -2.15. The number of hydrogen-bond donors (Lipinski definition) is 1. The van der Waals surface area contributed by atoms with E-state index in [0.717, 1.165) is 55.2 Å². The number of aliphatic hydroxyl groups is 1. The van der Waals surface area contributed by atoms with E-state index in [4.69, 9.17) is 0 Å². The highest BCUT2D eigenvalue weighted by Crippen LogP contribution is 2.53. The monoisotopic (exact) mass is 615 g/mol. The van der Waals surface area contributed by atoms with E-state index in [0.29, 0.717) is 23.5 Å². The van der Waals surface area contributed by atoms with E-state index in [1.165, 1.54) is 87.5 Å². The van der Waals surface area contributed by atoms with E-state index in [9.17, 15) is 9.90 Å². The molecule has 14 rings (SSSR count). The maximum atomic E-state index is 14.0. The average Bonchev–Trinajstić information content (AvgIpc) is 3.41. The standard InChI is InChI=1S/C42H33NO2S/c44-41-23-11-7-20(8-12-23)26-15-28-29-19-36-38(25-5-1-3-22-4-2-6-35(46-36)37(22)25)39-32-16-27-21-9-13-24(14-10-21)42(45)31(27)18-34(32)43(40(29)39)33(28)17-30(26)41/h1-6,15-21,23-24,41,44H,7-14H2. The van der Waals surface area contributed by atoms with Crippen LogP contribution in [-0.2, 0) is 0 Å². The van der Waals surface area contributed by atoms with Crippen LogP contribution in [0.15, 0.2) is 66.7 Å². The number of nitrogens with zero attached hydrogens (tertiary/aromatic N) is 1. The van der Waals surface area contributed by atoms with Gasteiger partial charge >= 0.3 is 0 Å². The van der Waals surface area contributed by atoms with Gasteiger partial charge in [-0.3, -0.25) is 4.79 Å². The lowest BCUT2D eigenvalue weighted by molar-refractivity contribution is 0.0897. The summed E-state index contributed by atoms with van der Waals surface area (Å²) in [5.41, 5.74) is 8.38. The van der Waals surface area contributed by atoms with Crippen LogP contribution in [0.1, 0.15) is 96.4 Å². The first kappa shape index (κ1) is 25.1. The van der Waals surface area contributed by atoms with Gasteiger partial charge in [0.1, 0.15) is 0 Å². The third kappa shape index (κ3) is 2.94. The van der Waals surface area contributed by atoms with Crippen LogP contribution in [0.5, 0.6) is 0 Å². The number of aliphatic hydroxyl groups excluding tert-OH is 1. The molecule has 0 aliphatic heterocycles. The molecule has 2 fully saturated rings. The molecule has 6 aliphatic rings. The van der Waals surface area contributed by atoms with Crippen LogP contribution in [0.2, 0.25) is 0 Å². The van der Waals surface area contributed by atoms with Gasteiger partial charge < -0.3 is 9.51 Å². The number of hydrogen-bond acceptors (Lipinski definition) is 3. The number of rotatable bonds is 0. The SMILES string of the molecule is O=C1c2cc3c(cc2C2CCC1CC2)c1c2c(cc4c5cc6c(cc5n3c41)C(O)C1CCC6CC1)sc1cccc3cccc2c31. The van der Waals surface area contributed by atoms with Crippen molar-refractivity contribution in [3.05, 3.63) is 89.0 Å². The van der Waals surface area contributed by atoms with E-state index in [1.54, 1.807) is 0 Å². The first-order valence-electron chi connectivity index (χ1n) is 17.4. The minimum absolute atomic E-state index is 0.167. The molecule has 0 spiro atoms. The second-order valence-electron chi connectivity index (χ2n) is 15.0. The molecule has 5 aromatic carbocycles. The summed E-state index contributed by atoms with van der Waals surface area (Å²) >= 11 is 1.91. The fourth-order valence-electron chi connectivity index (χ4n) is 10.8. The van der Waals surface area contributed by atoms with Gasteiger partial charge in [-0.2, -0.15) is 0 Å². The zero-order chi connectivity index (χ0) is 30.0. The molecule has 224 valence electrons. The van der Waals surface area contributed by atoms with Crippen LogP contribution in [0.25, 0.3) is 69.0 Å². The Kier molecular flexibility index (Phi) is 4.63. The Morgan fingerprint density at radius 2 is 1.33 bits per heavy atom. The topological polar surface area (TPSA) is 41.7 Å². The number of aromatic nitrogens is 1. The molecule has 4 heteroatoms. The third-order valence-corrected chi connectivity index (χ3v) is 14.1. The van der Waals surface area contributed by atoms with Crippen LogP contribution in [0.4, 0.5) is 0 Å². The molecule has 0 saturated heterocycles. The molecule has 0 amide bonds. The van der Waals surface area contributed by atoms with Crippen LogP contribution in [0, 0.1) is 11.8 Å². The van der Waals surface area contributed by atoms with Gasteiger partial charge in [0, 0.05) is 53.2 Å². The van der Waals surface area contributed by atoms with Gasteiger partial charge in [-0.15, -0.1) is 11.3 Å². The highest BCUT2D eigenvalue weighted by Gasteiger charge is 2.38. The number of carbonyl (C=O) groups is 1. The van der Waals surface area contributed by atoms with Crippen molar-refractivity contribution in [2.45, 2.75) is 69.3 Å². The van der Waals surface area contributed by atoms with Crippen molar-refractivity contribution in [2.24, 2.45) is 11.8 Å². The zero-order valence-corrected chi connectivity index (χ0v) is 26.4. The van der Waals surface area contributed by atoms with E-state index in [1.807, 2.05) is 11.3 Å². The van der Waals surface area contributed by atoms with Gasteiger partial charge in [0.2, 0.25) is 0 Å². The second-order valence-corrected chi connectivity index (χ2v) is 16.1. The Morgan fingerprint density at radius 3 is 2.17 bits per heavy atom. The van der Waals surface area contributed by atoms with Crippen LogP contribution in [0.3, 0.4) is 0 Å².